The van der Waals surface area contributed by atoms with Gasteiger partial charge in [-0.25, -0.2) is 0 Å². The number of hydrogen-bond acceptors (Lipinski definition) is 6. The lowest BCUT2D eigenvalue weighted by molar-refractivity contribution is -0.385. The van der Waals surface area contributed by atoms with E-state index in [1.54, 1.807) is 19.4 Å². The van der Waals surface area contributed by atoms with Crippen molar-refractivity contribution in [2.45, 2.75) is 0 Å². The third-order valence-corrected chi connectivity index (χ3v) is 4.28. The number of carbonyl (C=O) groups is 1. The number of H-pyrrole nitrogens is 1. The summed E-state index contributed by atoms with van der Waals surface area (Å²) >= 11 is 0. The van der Waals surface area contributed by atoms with Crippen molar-refractivity contribution in [3.05, 3.63) is 63.8 Å². The summed E-state index contributed by atoms with van der Waals surface area (Å²) in [4.78, 5) is 26.4. The van der Waals surface area contributed by atoms with E-state index in [9.17, 15) is 14.9 Å². The fraction of sp³-hybridized carbons (Fsp3) is 0.150. The molecule has 0 amide bonds. The van der Waals surface area contributed by atoms with Crippen LogP contribution in [-0.2, 0) is 0 Å². The number of nitrogens with one attached hydrogen (secondary N) is 1. The van der Waals surface area contributed by atoms with E-state index in [2.05, 4.69) is 4.98 Å². The number of aromatic amines is 1. The van der Waals surface area contributed by atoms with Gasteiger partial charge in [-0.15, -0.1) is 0 Å². The average molecular weight is 382 g/mol. The molecule has 0 spiro atoms. The van der Waals surface area contributed by atoms with Gasteiger partial charge in [0.05, 0.1) is 26.3 Å². The maximum atomic E-state index is 12.6. The highest BCUT2D eigenvalue weighted by Gasteiger charge is 2.23. The molecule has 1 N–H and O–H groups in total. The van der Waals surface area contributed by atoms with E-state index in [4.69, 9.17) is 14.2 Å². The number of rotatable bonds is 7. The molecule has 144 valence electrons. The molecular weight excluding hydrogens is 364 g/mol. The number of allylic oxidation sites excluding steroid dienone is 1. The molecule has 1 heterocycles. The summed E-state index contributed by atoms with van der Waals surface area (Å²) < 4.78 is 15.4. The van der Waals surface area contributed by atoms with E-state index in [0.717, 1.165) is 22.2 Å². The highest BCUT2D eigenvalue weighted by molar-refractivity contribution is 6.08. The lowest BCUT2D eigenvalue weighted by Crippen LogP contribution is -2.02. The number of carbonyl (C=O) groups excluding carboxylic acids is 1. The molecule has 0 saturated carbocycles. The van der Waals surface area contributed by atoms with E-state index < -0.39 is 10.7 Å². The third kappa shape index (κ3) is 3.52. The van der Waals surface area contributed by atoms with Crippen molar-refractivity contribution < 1.29 is 23.9 Å². The zero-order valence-corrected chi connectivity index (χ0v) is 15.5. The molecule has 0 radical (unpaired) electrons. The first-order valence-electron chi connectivity index (χ1n) is 8.26. The van der Waals surface area contributed by atoms with Crippen molar-refractivity contribution in [2.75, 3.05) is 21.3 Å². The van der Waals surface area contributed by atoms with E-state index in [-0.39, 0.29) is 22.7 Å². The van der Waals surface area contributed by atoms with E-state index >= 15 is 0 Å². The molecule has 0 aliphatic heterocycles. The summed E-state index contributed by atoms with van der Waals surface area (Å²) in [5, 5.41) is 12.2. The van der Waals surface area contributed by atoms with Gasteiger partial charge in [0.25, 0.3) is 0 Å². The molecule has 0 unspecified atom stereocenters. The number of methoxy groups -OCH3 is 3. The molecule has 0 bridgehead atoms. The Morgan fingerprint density at radius 1 is 1.11 bits per heavy atom. The first kappa shape index (κ1) is 19.0. The van der Waals surface area contributed by atoms with E-state index in [0.29, 0.717) is 0 Å². The van der Waals surface area contributed by atoms with Crippen LogP contribution in [-0.4, -0.2) is 37.0 Å². The molecule has 3 aromatic rings. The zero-order chi connectivity index (χ0) is 20.3. The average Bonchev–Trinajstić information content (AvgIpc) is 3.12. The molecular formula is C20H18N2O6. The second kappa shape index (κ2) is 7.83. The molecule has 1 aromatic heterocycles. The van der Waals surface area contributed by atoms with Crippen LogP contribution in [0, 0.1) is 10.1 Å². The molecule has 8 nitrogen and oxygen atoms in total. The monoisotopic (exact) mass is 382 g/mol. The van der Waals surface area contributed by atoms with E-state index in [1.807, 2.05) is 18.2 Å². The fourth-order valence-corrected chi connectivity index (χ4v) is 2.88. The highest BCUT2D eigenvalue weighted by atomic mass is 16.6. The SMILES string of the molecule is COc1ccc2c(/C=C/C(=O)c3cc(OC)c(OC)c([N+](=O)[O-])c3)c[nH]c2c1. The number of benzene rings is 2. The van der Waals surface area contributed by atoms with Gasteiger partial charge in [-0.05, 0) is 35.9 Å². The summed E-state index contributed by atoms with van der Waals surface area (Å²) in [6.07, 6.45) is 4.78. The van der Waals surface area contributed by atoms with Crippen LogP contribution in [0.3, 0.4) is 0 Å². The second-order valence-corrected chi connectivity index (χ2v) is 5.84. The van der Waals surface area contributed by atoms with Gasteiger partial charge in [-0.2, -0.15) is 0 Å². The summed E-state index contributed by atoms with van der Waals surface area (Å²) in [5.74, 6) is 0.414. The largest absolute Gasteiger partial charge is 0.497 e. The first-order valence-corrected chi connectivity index (χ1v) is 8.26. The summed E-state index contributed by atoms with van der Waals surface area (Å²) in [6.45, 7) is 0. The number of ether oxygens (including phenoxy) is 3. The second-order valence-electron chi connectivity index (χ2n) is 5.84. The van der Waals surface area contributed by atoms with Crippen molar-refractivity contribution in [1.82, 2.24) is 4.98 Å². The Kier molecular flexibility index (Phi) is 5.30. The van der Waals surface area contributed by atoms with Gasteiger partial charge >= 0.3 is 5.69 Å². The Balaban J connectivity index is 1.95. The van der Waals surface area contributed by atoms with Gasteiger partial charge < -0.3 is 19.2 Å². The lowest BCUT2D eigenvalue weighted by Gasteiger charge is -2.09. The maximum absolute atomic E-state index is 12.6. The molecule has 2 aromatic carbocycles. The summed E-state index contributed by atoms with van der Waals surface area (Å²) in [6, 6.07) is 8.15. The van der Waals surface area contributed by atoms with Gasteiger partial charge in [0.15, 0.2) is 11.5 Å². The quantitative estimate of drug-likeness (QED) is 0.287. The zero-order valence-electron chi connectivity index (χ0n) is 15.5. The molecule has 0 fully saturated rings. The Hall–Kier alpha value is -3.81. The first-order chi connectivity index (χ1) is 13.5. The van der Waals surface area contributed by atoms with Crippen LogP contribution in [0.15, 0.2) is 42.6 Å². The Morgan fingerprint density at radius 3 is 2.54 bits per heavy atom. The van der Waals surface area contributed by atoms with Crippen LogP contribution in [0.2, 0.25) is 0 Å². The van der Waals surface area contributed by atoms with Crippen LogP contribution < -0.4 is 14.2 Å². The minimum Gasteiger partial charge on any atom is -0.497 e. The number of fused-ring (bicyclic) bond motifs is 1. The minimum atomic E-state index is -0.616. The smallest absolute Gasteiger partial charge is 0.315 e. The van der Waals surface area contributed by atoms with Crippen molar-refractivity contribution in [1.29, 1.82) is 0 Å². The number of aromatic nitrogens is 1. The predicted molar refractivity (Wildman–Crippen MR) is 104 cm³/mol. The van der Waals surface area contributed by atoms with Crippen LogP contribution in [0.4, 0.5) is 5.69 Å². The number of ketones is 1. The van der Waals surface area contributed by atoms with Crippen LogP contribution in [0.5, 0.6) is 17.2 Å². The normalized spacial score (nSPS) is 11.0. The van der Waals surface area contributed by atoms with Crippen LogP contribution in [0.1, 0.15) is 15.9 Å². The number of nitro groups is 1. The molecule has 0 saturated heterocycles. The van der Waals surface area contributed by atoms with Gasteiger partial charge in [0.1, 0.15) is 5.75 Å². The minimum absolute atomic E-state index is 0.0291. The van der Waals surface area contributed by atoms with Gasteiger partial charge in [0, 0.05) is 34.8 Å². The summed E-state index contributed by atoms with van der Waals surface area (Å²) in [5.41, 5.74) is 1.47. The fourth-order valence-electron chi connectivity index (χ4n) is 2.88. The molecule has 0 aliphatic rings. The molecule has 28 heavy (non-hydrogen) atoms. The number of nitrogens with zero attached hydrogens (tertiary/aromatic N) is 1. The van der Waals surface area contributed by atoms with Gasteiger partial charge in [-0.3, -0.25) is 14.9 Å². The highest BCUT2D eigenvalue weighted by Crippen LogP contribution is 2.38. The molecule has 0 aliphatic carbocycles. The maximum Gasteiger partial charge on any atom is 0.315 e. The third-order valence-electron chi connectivity index (χ3n) is 4.28. The molecule has 0 atom stereocenters. The number of nitro benzene ring substituents is 1. The van der Waals surface area contributed by atoms with E-state index in [1.165, 1.54) is 32.4 Å². The van der Waals surface area contributed by atoms with Gasteiger partial charge in [-0.1, -0.05) is 0 Å². The molecule has 3 rings (SSSR count). The number of hydrogen-bond donors (Lipinski definition) is 1. The predicted octanol–water partition coefficient (Wildman–Crippen LogP) is 4.00. The van der Waals surface area contributed by atoms with Crippen molar-refractivity contribution in [2.24, 2.45) is 0 Å². The summed E-state index contributed by atoms with van der Waals surface area (Å²) in [7, 11) is 4.25. The molecule has 8 heteroatoms. The standard InChI is InChI=1S/C20H18N2O6/c1-26-14-5-6-15-12(11-21-16(15)10-14)4-7-18(23)13-8-17(22(24)25)20(28-3)19(9-13)27-2/h4-11,21H,1-3H3/b7-4+. The Bertz CT molecular complexity index is 1080. The topological polar surface area (TPSA) is 104 Å². The van der Waals surface area contributed by atoms with Gasteiger partial charge in [0.2, 0.25) is 5.75 Å². The van der Waals surface area contributed by atoms with Crippen LogP contribution in [0.25, 0.3) is 17.0 Å². The van der Waals surface area contributed by atoms with Crippen molar-refractivity contribution >= 4 is 28.4 Å². The lowest BCUT2D eigenvalue weighted by atomic mass is 10.1. The van der Waals surface area contributed by atoms with Crippen molar-refractivity contribution in [3.63, 3.8) is 0 Å². The van der Waals surface area contributed by atoms with Crippen LogP contribution >= 0.6 is 0 Å². The Labute approximate surface area is 160 Å². The Morgan fingerprint density at radius 2 is 1.89 bits per heavy atom. The van der Waals surface area contributed by atoms with Crippen molar-refractivity contribution in [3.8, 4) is 17.2 Å².